The van der Waals surface area contributed by atoms with E-state index in [0.29, 0.717) is 0 Å². The Kier molecular flexibility index (Phi) is 6.55. The van der Waals surface area contributed by atoms with Gasteiger partial charge in [0.2, 0.25) is 0 Å². The molecule has 1 unspecified atom stereocenters. The number of hydrogen-bond donors (Lipinski definition) is 0. The molecule has 4 heteroatoms. The minimum Gasteiger partial charge on any atom is -0.460 e. The van der Waals surface area contributed by atoms with Gasteiger partial charge in [-0.3, -0.25) is 0 Å². The van der Waals surface area contributed by atoms with Gasteiger partial charge in [-0.2, -0.15) is 0 Å². The van der Waals surface area contributed by atoms with Crippen LogP contribution in [0, 0.1) is 0 Å². The Bertz CT molecular complexity index is 3000. The predicted octanol–water partition coefficient (Wildman–Crippen LogP) is 13.7. The van der Waals surface area contributed by atoms with Crippen LogP contribution in [0.15, 0.2) is 174 Å². The molecule has 1 atom stereocenters. The molecule has 0 aliphatic heterocycles. The van der Waals surface area contributed by atoms with Gasteiger partial charge in [0, 0.05) is 66.6 Å². The monoisotopic (exact) mass is 684 g/mol. The molecule has 0 radical (unpaired) electrons. The number of nitrogens with zero attached hydrogens (tertiary/aromatic N) is 2. The number of hydrogen-bond acceptors (Lipinski definition) is 3. The Hall–Kier alpha value is -6.36. The van der Waals surface area contributed by atoms with E-state index in [1.807, 2.05) is 17.4 Å². The van der Waals surface area contributed by atoms with Crippen LogP contribution < -0.4 is 4.90 Å². The lowest BCUT2D eigenvalue weighted by molar-refractivity contribution is 0.532. The molecule has 11 rings (SSSR count). The lowest BCUT2D eigenvalue weighted by Gasteiger charge is -2.27. The molecule has 0 saturated carbocycles. The number of thiophene rings is 1. The van der Waals surface area contributed by atoms with E-state index < -0.39 is 0 Å². The van der Waals surface area contributed by atoms with Gasteiger partial charge in [-0.25, -0.2) is 0 Å². The van der Waals surface area contributed by atoms with Gasteiger partial charge < -0.3 is 13.9 Å². The summed E-state index contributed by atoms with van der Waals surface area (Å²) in [5.41, 5.74) is 10.4. The zero-order valence-electron chi connectivity index (χ0n) is 28.2. The summed E-state index contributed by atoms with van der Waals surface area (Å²) in [6, 6.07) is 59.4. The van der Waals surface area contributed by atoms with E-state index in [1.54, 1.807) is 0 Å². The molecule has 7 aromatic carbocycles. The molecule has 3 aromatic heterocycles. The largest absolute Gasteiger partial charge is 0.460 e. The molecule has 0 spiro atoms. The summed E-state index contributed by atoms with van der Waals surface area (Å²) in [4.78, 5) is 2.45. The maximum atomic E-state index is 6.32. The maximum absolute atomic E-state index is 6.32. The number of furan rings is 1. The van der Waals surface area contributed by atoms with Crippen LogP contribution in [0.25, 0.3) is 64.7 Å². The highest BCUT2D eigenvalue weighted by atomic mass is 32.1. The zero-order chi connectivity index (χ0) is 34.2. The molecule has 0 N–H and O–H groups in total. The highest BCUT2D eigenvalue weighted by Gasteiger charge is 2.23. The number of allylic oxidation sites excluding steroid dienone is 1. The molecule has 3 heterocycles. The van der Waals surface area contributed by atoms with E-state index >= 15 is 0 Å². The predicted molar refractivity (Wildman–Crippen MR) is 220 cm³/mol. The number of aromatic nitrogens is 1. The molecule has 0 saturated heterocycles. The van der Waals surface area contributed by atoms with Crippen LogP contribution in [0.5, 0.6) is 0 Å². The molecule has 1 aliphatic carbocycles. The summed E-state index contributed by atoms with van der Waals surface area (Å²) in [6.07, 6.45) is 5.44. The van der Waals surface area contributed by atoms with E-state index in [-0.39, 0.29) is 5.92 Å². The maximum Gasteiger partial charge on any atom is 0.134 e. The molecule has 1 aliphatic rings. The van der Waals surface area contributed by atoms with Crippen molar-refractivity contribution in [2.75, 3.05) is 4.90 Å². The summed E-state index contributed by atoms with van der Waals surface area (Å²) in [5, 5.41) is 6.27. The minimum atomic E-state index is 0.250. The second kappa shape index (κ2) is 11.6. The summed E-state index contributed by atoms with van der Waals surface area (Å²) in [5.74, 6) is 1.32. The highest BCUT2D eigenvalue weighted by molar-refractivity contribution is 7.26. The van der Waals surface area contributed by atoms with Crippen molar-refractivity contribution in [3.63, 3.8) is 0 Å². The van der Waals surface area contributed by atoms with Crippen LogP contribution in [-0.4, -0.2) is 4.57 Å². The summed E-state index contributed by atoms with van der Waals surface area (Å²) < 4.78 is 11.3. The van der Waals surface area contributed by atoms with Gasteiger partial charge in [0.25, 0.3) is 0 Å². The number of para-hydroxylation sites is 3. The van der Waals surface area contributed by atoms with Crippen LogP contribution in [0.1, 0.15) is 22.8 Å². The van der Waals surface area contributed by atoms with Crippen molar-refractivity contribution in [3.05, 3.63) is 187 Å². The quantitative estimate of drug-likeness (QED) is 0.180. The van der Waals surface area contributed by atoms with Gasteiger partial charge in [0.15, 0.2) is 0 Å². The highest BCUT2D eigenvalue weighted by Crippen LogP contribution is 2.46. The van der Waals surface area contributed by atoms with Gasteiger partial charge >= 0.3 is 0 Å². The smallest absolute Gasteiger partial charge is 0.134 e. The first kappa shape index (κ1) is 29.4. The Morgan fingerprint density at radius 1 is 0.577 bits per heavy atom. The van der Waals surface area contributed by atoms with Gasteiger partial charge in [0.1, 0.15) is 11.3 Å². The average molecular weight is 685 g/mol. The molecule has 0 amide bonds. The lowest BCUT2D eigenvalue weighted by Crippen LogP contribution is -2.11. The van der Waals surface area contributed by atoms with Crippen LogP contribution in [-0.2, 0) is 6.42 Å². The molecular weight excluding hydrogens is 653 g/mol. The average Bonchev–Trinajstić information content (AvgIpc) is 3.88. The van der Waals surface area contributed by atoms with Gasteiger partial charge in [-0.15, -0.1) is 11.3 Å². The first-order chi connectivity index (χ1) is 25.8. The Labute approximate surface area is 304 Å². The molecule has 3 nitrogen and oxygen atoms in total. The molecule has 0 fully saturated rings. The van der Waals surface area contributed by atoms with E-state index in [0.717, 1.165) is 34.8 Å². The normalized spacial score (nSPS) is 14.2. The van der Waals surface area contributed by atoms with Crippen LogP contribution in [0.2, 0.25) is 0 Å². The van der Waals surface area contributed by atoms with Crippen molar-refractivity contribution in [1.29, 1.82) is 0 Å². The van der Waals surface area contributed by atoms with Crippen molar-refractivity contribution in [1.82, 2.24) is 4.57 Å². The summed E-state index contributed by atoms with van der Waals surface area (Å²) in [7, 11) is 0. The van der Waals surface area contributed by atoms with Crippen molar-refractivity contribution in [2.45, 2.75) is 12.3 Å². The molecular formula is C48H32N2OS. The van der Waals surface area contributed by atoms with Crippen molar-refractivity contribution in [2.24, 2.45) is 0 Å². The van der Waals surface area contributed by atoms with Crippen LogP contribution in [0.3, 0.4) is 0 Å². The summed E-state index contributed by atoms with van der Waals surface area (Å²) >= 11 is 1.87. The van der Waals surface area contributed by atoms with Gasteiger partial charge in [-0.1, -0.05) is 115 Å². The third kappa shape index (κ3) is 4.51. The van der Waals surface area contributed by atoms with Crippen LogP contribution >= 0.6 is 11.3 Å². The molecule has 52 heavy (non-hydrogen) atoms. The molecule has 10 aromatic rings. The number of benzene rings is 7. The first-order valence-corrected chi connectivity index (χ1v) is 18.7. The lowest BCUT2D eigenvalue weighted by atomic mass is 9.88. The Balaban J connectivity index is 1.08. The minimum absolute atomic E-state index is 0.250. The Morgan fingerprint density at radius 2 is 1.29 bits per heavy atom. The zero-order valence-corrected chi connectivity index (χ0v) is 29.1. The van der Waals surface area contributed by atoms with E-state index in [1.165, 1.54) is 64.2 Å². The Morgan fingerprint density at radius 3 is 2.17 bits per heavy atom. The molecule has 0 bridgehead atoms. The number of anilines is 3. The van der Waals surface area contributed by atoms with Crippen molar-refractivity contribution in [3.8, 4) is 5.69 Å². The summed E-state index contributed by atoms with van der Waals surface area (Å²) in [6.45, 7) is 0. The fourth-order valence-electron chi connectivity index (χ4n) is 8.32. The van der Waals surface area contributed by atoms with E-state index in [9.17, 15) is 0 Å². The fraction of sp³-hybridized carbons (Fsp3) is 0.0417. The van der Waals surface area contributed by atoms with Gasteiger partial charge in [0.05, 0.1) is 21.4 Å². The third-order valence-corrected chi connectivity index (χ3v) is 12.0. The topological polar surface area (TPSA) is 21.3 Å². The first-order valence-electron chi connectivity index (χ1n) is 17.9. The van der Waals surface area contributed by atoms with Gasteiger partial charge in [-0.05, 0) is 66.2 Å². The standard InChI is InChI=1S/C48H32N2OS/c1-2-11-33(12-3-1)50-42-17-7-4-13-36(42)37-28-26-35(30-44(37)50)49(43-18-10-16-41-40-15-6-9-20-47(40)52-48(41)43)34-24-21-31(22-25-34)32-23-27-39-38-14-5-8-19-45(38)51-46(39)29-32/h1-28,30,32H,29H2. The second-order valence-electron chi connectivity index (χ2n) is 13.7. The van der Waals surface area contributed by atoms with Crippen molar-refractivity contribution >= 4 is 87.4 Å². The SMILES string of the molecule is C1=CC(c2ccc(N(c3ccc4c5ccccc5n(-c5ccccc5)c4c3)c3cccc4c3sc3ccccc34)cc2)Cc2oc3ccccc3c21. The van der Waals surface area contributed by atoms with E-state index in [2.05, 4.69) is 179 Å². The van der Waals surface area contributed by atoms with E-state index in [4.69, 9.17) is 4.42 Å². The number of fused-ring (bicyclic) bond motifs is 9. The second-order valence-corrected chi connectivity index (χ2v) is 14.7. The van der Waals surface area contributed by atoms with Crippen LogP contribution in [0.4, 0.5) is 17.1 Å². The fourth-order valence-corrected chi connectivity index (χ4v) is 9.53. The third-order valence-electron chi connectivity index (χ3n) is 10.7. The molecule has 246 valence electrons. The number of rotatable bonds is 5. The van der Waals surface area contributed by atoms with Crippen molar-refractivity contribution < 1.29 is 4.42 Å².